The van der Waals surface area contributed by atoms with Crippen LogP contribution in [-0.4, -0.2) is 45.4 Å². The van der Waals surface area contributed by atoms with Gasteiger partial charge in [0.2, 0.25) is 0 Å². The Bertz CT molecular complexity index is 1150. The lowest BCUT2D eigenvalue weighted by atomic mass is 10.1. The van der Waals surface area contributed by atoms with E-state index in [1.165, 1.54) is 13.2 Å². The molecule has 0 spiro atoms. The molecule has 2 aromatic rings. The molecule has 3 rings (SSSR count). The van der Waals surface area contributed by atoms with Crippen LogP contribution in [0, 0.1) is 0 Å². The number of carboxylic acid groups (broad SMARTS) is 1. The highest BCUT2D eigenvalue weighted by Crippen LogP contribution is 2.34. The maximum atomic E-state index is 12.8. The minimum Gasteiger partial charge on any atom is -0.493 e. The van der Waals surface area contributed by atoms with Crippen molar-refractivity contribution < 1.29 is 29.0 Å². The highest BCUT2D eigenvalue weighted by molar-refractivity contribution is 8.26. The number of rotatable bonds is 8. The van der Waals surface area contributed by atoms with Crippen molar-refractivity contribution in [2.24, 2.45) is 0 Å². The molecule has 33 heavy (non-hydrogen) atoms. The average Bonchev–Trinajstić information content (AvgIpc) is 3.04. The normalized spacial score (nSPS) is 15.5. The van der Waals surface area contributed by atoms with E-state index in [0.717, 1.165) is 16.8 Å². The van der Waals surface area contributed by atoms with Gasteiger partial charge in [0.1, 0.15) is 0 Å². The van der Waals surface area contributed by atoms with Crippen LogP contribution in [0.15, 0.2) is 47.4 Å². The maximum Gasteiger partial charge on any atom is 0.344 e. The van der Waals surface area contributed by atoms with Crippen molar-refractivity contribution in [1.29, 1.82) is 0 Å². The van der Waals surface area contributed by atoms with Gasteiger partial charge in [-0.1, -0.05) is 42.4 Å². The van der Waals surface area contributed by atoms with Gasteiger partial charge in [-0.25, -0.2) is 4.79 Å². The first kappa shape index (κ1) is 24.6. The van der Waals surface area contributed by atoms with Gasteiger partial charge in [0.05, 0.1) is 12.0 Å². The van der Waals surface area contributed by atoms with Crippen molar-refractivity contribution in [3.05, 3.63) is 63.5 Å². The third kappa shape index (κ3) is 5.84. The lowest BCUT2D eigenvalue weighted by Crippen LogP contribution is -2.44. The van der Waals surface area contributed by atoms with Crippen LogP contribution in [0.1, 0.15) is 29.3 Å². The second-order valence-corrected chi connectivity index (χ2v) is 8.84. The molecule has 1 unspecified atom stereocenters. The quantitative estimate of drug-likeness (QED) is 0.406. The summed E-state index contributed by atoms with van der Waals surface area (Å²) in [5, 5.41) is 10.6. The number of hydrogen-bond acceptors (Lipinski definition) is 7. The van der Waals surface area contributed by atoms with Crippen LogP contribution in [0.4, 0.5) is 0 Å². The Morgan fingerprint density at radius 1 is 1.27 bits per heavy atom. The molecule has 2 N–H and O–H groups in total. The summed E-state index contributed by atoms with van der Waals surface area (Å²) in [5.41, 5.74) is 3.38. The Kier molecular flexibility index (Phi) is 7.96. The van der Waals surface area contributed by atoms with E-state index in [0.29, 0.717) is 21.2 Å². The van der Waals surface area contributed by atoms with Crippen molar-refractivity contribution in [2.45, 2.75) is 19.4 Å². The van der Waals surface area contributed by atoms with Crippen LogP contribution in [0.3, 0.4) is 0 Å². The summed E-state index contributed by atoms with van der Waals surface area (Å²) < 4.78 is 11.0. The first-order chi connectivity index (χ1) is 15.7. The fourth-order valence-corrected chi connectivity index (χ4v) is 4.21. The van der Waals surface area contributed by atoms with Crippen molar-refractivity contribution >= 4 is 63.8 Å². The Hall–Kier alpha value is -3.08. The molecule has 8 nitrogen and oxygen atoms in total. The highest BCUT2D eigenvalue weighted by Gasteiger charge is 2.34. The Balaban J connectivity index is 1.78. The number of thiocarbonyl (C=S) groups is 1. The smallest absolute Gasteiger partial charge is 0.344 e. The van der Waals surface area contributed by atoms with Crippen molar-refractivity contribution in [2.75, 3.05) is 7.11 Å². The van der Waals surface area contributed by atoms with Crippen LogP contribution in [0.5, 0.6) is 11.5 Å². The number of hydrogen-bond donors (Lipinski definition) is 2. The van der Waals surface area contributed by atoms with Gasteiger partial charge in [-0.2, -0.15) is 5.01 Å². The van der Waals surface area contributed by atoms with E-state index in [4.69, 9.17) is 33.3 Å². The fourth-order valence-electron chi connectivity index (χ4n) is 2.84. The molecule has 0 bridgehead atoms. The molecule has 1 aliphatic rings. The van der Waals surface area contributed by atoms with Crippen molar-refractivity contribution in [1.82, 2.24) is 10.4 Å². The molecule has 1 heterocycles. The number of benzene rings is 2. The first-order valence-corrected chi connectivity index (χ1v) is 11.3. The van der Waals surface area contributed by atoms with Crippen molar-refractivity contribution in [3.8, 4) is 11.5 Å². The number of carbonyl (C=O) groups is 3. The van der Waals surface area contributed by atoms with Crippen LogP contribution in [0.2, 0.25) is 5.02 Å². The van der Waals surface area contributed by atoms with E-state index in [-0.39, 0.29) is 22.1 Å². The Labute approximate surface area is 204 Å². The van der Waals surface area contributed by atoms with Crippen LogP contribution >= 0.6 is 35.6 Å². The standard InChI is InChI=1S/C22H19ClN2O6S2/c1-3-15(21(28)29)31-16-8-7-12(9-17(16)30-2)10-18-20(27)25(22(32)33-18)24-19(26)13-5-4-6-14(23)11-13/h4-11,15H,3H2,1-2H3,(H,24,26)(H,28,29)/b18-10+. The van der Waals surface area contributed by atoms with Gasteiger partial charge >= 0.3 is 5.97 Å². The van der Waals surface area contributed by atoms with Gasteiger partial charge in [-0.05, 0) is 60.6 Å². The molecule has 2 aromatic carbocycles. The number of amides is 2. The Morgan fingerprint density at radius 2 is 2.03 bits per heavy atom. The van der Waals surface area contributed by atoms with Gasteiger partial charge in [0.25, 0.3) is 11.8 Å². The van der Waals surface area contributed by atoms with Crippen LogP contribution < -0.4 is 14.9 Å². The Morgan fingerprint density at radius 3 is 2.67 bits per heavy atom. The number of halogens is 1. The van der Waals surface area contributed by atoms with E-state index in [1.807, 2.05) is 0 Å². The number of aliphatic carboxylic acids is 1. The number of methoxy groups -OCH3 is 1. The average molecular weight is 507 g/mol. The van der Waals surface area contributed by atoms with Crippen LogP contribution in [-0.2, 0) is 9.59 Å². The molecule has 0 aromatic heterocycles. The molecule has 1 saturated heterocycles. The number of nitrogens with one attached hydrogen (secondary N) is 1. The molecular weight excluding hydrogens is 488 g/mol. The summed E-state index contributed by atoms with van der Waals surface area (Å²) in [4.78, 5) is 36.8. The molecule has 1 aliphatic heterocycles. The molecule has 1 atom stereocenters. The lowest BCUT2D eigenvalue weighted by Gasteiger charge is -2.16. The number of nitrogens with zero attached hydrogens (tertiary/aromatic N) is 1. The molecule has 0 radical (unpaired) electrons. The zero-order chi connectivity index (χ0) is 24.1. The van der Waals surface area contributed by atoms with E-state index in [1.54, 1.807) is 49.4 Å². The molecule has 0 aliphatic carbocycles. The lowest BCUT2D eigenvalue weighted by molar-refractivity contribution is -0.145. The number of thioether (sulfide) groups is 1. The predicted octanol–water partition coefficient (Wildman–Crippen LogP) is 4.14. The molecule has 172 valence electrons. The van der Waals surface area contributed by atoms with Gasteiger partial charge in [-0.3, -0.25) is 15.0 Å². The third-order valence-electron chi connectivity index (χ3n) is 4.49. The molecule has 1 fully saturated rings. The van der Waals surface area contributed by atoms with E-state index in [9.17, 15) is 19.5 Å². The zero-order valence-electron chi connectivity index (χ0n) is 17.5. The van der Waals surface area contributed by atoms with Crippen LogP contribution in [0.25, 0.3) is 6.08 Å². The summed E-state index contributed by atoms with van der Waals surface area (Å²) in [5.74, 6) is -1.51. The van der Waals surface area contributed by atoms with Gasteiger partial charge in [-0.15, -0.1) is 0 Å². The predicted molar refractivity (Wildman–Crippen MR) is 129 cm³/mol. The van der Waals surface area contributed by atoms with Gasteiger partial charge in [0.15, 0.2) is 21.9 Å². The number of hydrazine groups is 1. The summed E-state index contributed by atoms with van der Waals surface area (Å²) in [6, 6.07) is 11.1. The SMILES string of the molecule is CCC(Oc1ccc(/C=C2/SC(=S)N(NC(=O)c3cccc(Cl)c3)C2=O)cc1OC)C(=O)O. The summed E-state index contributed by atoms with van der Waals surface area (Å²) >= 11 is 12.2. The van der Waals surface area contributed by atoms with Crippen molar-refractivity contribution in [3.63, 3.8) is 0 Å². The second kappa shape index (κ2) is 10.7. The number of ether oxygens (including phenoxy) is 2. The second-order valence-electron chi connectivity index (χ2n) is 6.73. The van der Waals surface area contributed by atoms with E-state index in [2.05, 4.69) is 5.43 Å². The minimum absolute atomic E-state index is 0.167. The minimum atomic E-state index is -1.08. The number of carboxylic acids is 1. The highest BCUT2D eigenvalue weighted by atomic mass is 35.5. The third-order valence-corrected chi connectivity index (χ3v) is 6.03. The topological polar surface area (TPSA) is 105 Å². The first-order valence-electron chi connectivity index (χ1n) is 9.65. The largest absolute Gasteiger partial charge is 0.493 e. The maximum absolute atomic E-state index is 12.8. The summed E-state index contributed by atoms with van der Waals surface area (Å²) in [7, 11) is 1.43. The van der Waals surface area contributed by atoms with Gasteiger partial charge < -0.3 is 14.6 Å². The fraction of sp³-hybridized carbons (Fsp3) is 0.182. The summed E-state index contributed by atoms with van der Waals surface area (Å²) in [6.45, 7) is 1.70. The van der Waals surface area contributed by atoms with Gasteiger partial charge in [0, 0.05) is 10.6 Å². The molecule has 11 heteroatoms. The molecular formula is C22H19ClN2O6S2. The number of carbonyl (C=O) groups excluding carboxylic acids is 2. The zero-order valence-corrected chi connectivity index (χ0v) is 19.9. The monoisotopic (exact) mass is 506 g/mol. The summed E-state index contributed by atoms with van der Waals surface area (Å²) in [6.07, 6.45) is 0.860. The van der Waals surface area contributed by atoms with E-state index >= 15 is 0 Å². The molecule has 0 saturated carbocycles. The van der Waals surface area contributed by atoms with E-state index < -0.39 is 23.9 Å². The molecule has 2 amide bonds.